The lowest BCUT2D eigenvalue weighted by Gasteiger charge is -2.38. The molecular formula is C26H18BrCl2N3O2. The van der Waals surface area contributed by atoms with Crippen molar-refractivity contribution in [2.24, 2.45) is 5.10 Å². The molecule has 0 unspecified atom stereocenters. The third-order valence-electron chi connectivity index (χ3n) is 6.33. The van der Waals surface area contributed by atoms with Crippen molar-refractivity contribution in [2.75, 3.05) is 0 Å². The Morgan fingerprint density at radius 2 is 1.85 bits per heavy atom. The first-order valence-electron chi connectivity index (χ1n) is 10.8. The van der Waals surface area contributed by atoms with Gasteiger partial charge in [-0.1, -0.05) is 69.5 Å². The molecule has 0 aliphatic carbocycles. The Morgan fingerprint density at radius 3 is 2.62 bits per heavy atom. The number of benzene rings is 3. The number of hydrogen-bond donors (Lipinski definition) is 0. The van der Waals surface area contributed by atoms with Crippen LogP contribution in [0, 0.1) is 0 Å². The van der Waals surface area contributed by atoms with Crippen LogP contribution >= 0.6 is 39.1 Å². The first kappa shape index (κ1) is 21.7. The van der Waals surface area contributed by atoms with E-state index in [0.717, 1.165) is 37.8 Å². The summed E-state index contributed by atoms with van der Waals surface area (Å²) < 4.78 is 9.18. The maximum absolute atomic E-state index is 12.4. The average Bonchev–Trinajstić information content (AvgIpc) is 3.42. The molecule has 0 spiro atoms. The molecular weight excluding hydrogens is 537 g/mol. The number of rotatable bonds is 2. The van der Waals surface area contributed by atoms with E-state index in [4.69, 9.17) is 33.0 Å². The summed E-state index contributed by atoms with van der Waals surface area (Å²) in [5, 5.41) is 8.93. The van der Waals surface area contributed by atoms with Crippen molar-refractivity contribution >= 4 is 61.7 Å². The van der Waals surface area contributed by atoms with Crippen LogP contribution in [0.3, 0.4) is 0 Å². The van der Waals surface area contributed by atoms with Crippen LogP contribution in [0.5, 0.6) is 5.75 Å². The number of halogens is 3. The van der Waals surface area contributed by atoms with Gasteiger partial charge in [0.1, 0.15) is 5.75 Å². The van der Waals surface area contributed by atoms with Gasteiger partial charge in [-0.15, -0.1) is 0 Å². The molecule has 0 N–H and O–H groups in total. The minimum absolute atomic E-state index is 0.0690. The summed E-state index contributed by atoms with van der Waals surface area (Å²) in [4.78, 5) is 12.4. The number of ether oxygens (including phenoxy) is 1. The van der Waals surface area contributed by atoms with Crippen LogP contribution in [0.25, 0.3) is 10.9 Å². The van der Waals surface area contributed by atoms with E-state index in [1.54, 1.807) is 17.6 Å². The fourth-order valence-electron chi connectivity index (χ4n) is 4.80. The molecule has 0 radical (unpaired) electrons. The van der Waals surface area contributed by atoms with Crippen molar-refractivity contribution in [3.63, 3.8) is 0 Å². The fourth-order valence-corrected chi connectivity index (χ4v) is 5.62. The van der Waals surface area contributed by atoms with Crippen LogP contribution in [-0.2, 0) is 0 Å². The summed E-state index contributed by atoms with van der Waals surface area (Å²) in [6, 6.07) is 19.4. The van der Waals surface area contributed by atoms with Crippen LogP contribution in [0.2, 0.25) is 10.0 Å². The number of carbonyl (C=O) groups is 1. The number of hydrazone groups is 1. The van der Waals surface area contributed by atoms with Crippen LogP contribution < -0.4 is 4.74 Å². The molecule has 0 bridgehead atoms. The van der Waals surface area contributed by atoms with Gasteiger partial charge in [-0.05, 0) is 35.9 Å². The van der Waals surface area contributed by atoms with Crippen molar-refractivity contribution in [1.82, 2.24) is 9.58 Å². The maximum Gasteiger partial charge on any atom is 0.227 e. The third kappa shape index (κ3) is 3.44. The van der Waals surface area contributed by atoms with E-state index in [-0.39, 0.29) is 11.9 Å². The lowest BCUT2D eigenvalue weighted by atomic mass is 9.96. The lowest BCUT2D eigenvalue weighted by Crippen LogP contribution is -2.33. The zero-order valence-electron chi connectivity index (χ0n) is 18.0. The zero-order chi connectivity index (χ0) is 23.6. The molecule has 8 heteroatoms. The number of carbonyl (C=O) groups excluding carboxylic acids is 1. The molecule has 5 nitrogen and oxygen atoms in total. The van der Waals surface area contributed by atoms with E-state index in [1.807, 2.05) is 65.8 Å². The number of para-hydroxylation sites is 1. The smallest absolute Gasteiger partial charge is 0.227 e. The van der Waals surface area contributed by atoms with Crippen molar-refractivity contribution in [2.45, 2.75) is 25.6 Å². The molecule has 4 aromatic rings. The summed E-state index contributed by atoms with van der Waals surface area (Å²) in [5.74, 6) is 0.532. The number of hydrogen-bond acceptors (Lipinski definition) is 4. The number of aromatic nitrogens is 1. The average molecular weight is 555 g/mol. The van der Waals surface area contributed by atoms with Crippen molar-refractivity contribution in [3.05, 3.63) is 98.1 Å². The van der Waals surface area contributed by atoms with E-state index in [9.17, 15) is 4.79 Å². The normalized spacial score (nSPS) is 18.9. The molecule has 2 aliphatic rings. The Labute approximate surface area is 214 Å². The van der Waals surface area contributed by atoms with Crippen LogP contribution in [0.15, 0.2) is 76.4 Å². The maximum atomic E-state index is 12.4. The molecule has 0 fully saturated rings. The van der Waals surface area contributed by atoms with Gasteiger partial charge in [0.15, 0.2) is 0 Å². The third-order valence-corrected chi connectivity index (χ3v) is 7.36. The molecule has 3 heterocycles. The second kappa shape index (κ2) is 8.15. The highest BCUT2D eigenvalue weighted by Gasteiger charge is 2.43. The standard InChI is InChI=1S/C26H18BrCl2N3O2/c1-14(33)31-13-20(18-4-2-3-5-23(18)31)26-32-24(19-10-17(28)11-21(29)25(19)34-26)12-22(30-32)15-6-8-16(27)9-7-15/h2-11,13,24,26H,12H2,1H3/t24-,26-/m0/s1. The van der Waals surface area contributed by atoms with Crippen molar-refractivity contribution in [1.29, 1.82) is 0 Å². The lowest BCUT2D eigenvalue weighted by molar-refractivity contribution is -0.0180. The Bertz CT molecular complexity index is 1500. The predicted molar refractivity (Wildman–Crippen MR) is 138 cm³/mol. The van der Waals surface area contributed by atoms with Gasteiger partial charge in [0.25, 0.3) is 0 Å². The topological polar surface area (TPSA) is 46.8 Å². The van der Waals surface area contributed by atoms with E-state index in [1.165, 1.54) is 0 Å². The summed E-state index contributed by atoms with van der Waals surface area (Å²) in [6.07, 6.45) is 1.96. The fraction of sp³-hybridized carbons (Fsp3) is 0.154. The van der Waals surface area contributed by atoms with Crippen molar-refractivity contribution < 1.29 is 9.53 Å². The highest BCUT2D eigenvalue weighted by atomic mass is 79.9. The highest BCUT2D eigenvalue weighted by Crippen LogP contribution is 2.51. The van der Waals surface area contributed by atoms with Gasteiger partial charge in [-0.3, -0.25) is 9.36 Å². The van der Waals surface area contributed by atoms with Gasteiger partial charge in [0.05, 0.1) is 22.3 Å². The molecule has 34 heavy (non-hydrogen) atoms. The second-order valence-electron chi connectivity index (χ2n) is 8.42. The van der Waals surface area contributed by atoms with Crippen LogP contribution in [0.4, 0.5) is 0 Å². The van der Waals surface area contributed by atoms with Crippen molar-refractivity contribution in [3.8, 4) is 5.75 Å². The van der Waals surface area contributed by atoms with Gasteiger partial charge >= 0.3 is 0 Å². The zero-order valence-corrected chi connectivity index (χ0v) is 21.1. The largest absolute Gasteiger partial charge is 0.463 e. The predicted octanol–water partition coefficient (Wildman–Crippen LogP) is 7.61. The molecule has 0 saturated heterocycles. The molecule has 170 valence electrons. The van der Waals surface area contributed by atoms with E-state index < -0.39 is 6.23 Å². The molecule has 0 amide bonds. The van der Waals surface area contributed by atoms with Gasteiger partial charge < -0.3 is 4.74 Å². The molecule has 2 atom stereocenters. The first-order valence-corrected chi connectivity index (χ1v) is 12.3. The SMILES string of the molecule is CC(=O)n1cc([C@@H]2Oc3c(Cl)cc(Cl)cc3[C@@H]3CC(c4ccc(Br)cc4)=NN32)c2ccccc21. The van der Waals surface area contributed by atoms with Gasteiger partial charge in [0.2, 0.25) is 12.1 Å². The Kier molecular flexibility index (Phi) is 5.21. The van der Waals surface area contributed by atoms with Crippen LogP contribution in [-0.4, -0.2) is 21.2 Å². The summed E-state index contributed by atoms with van der Waals surface area (Å²) in [7, 11) is 0. The minimum atomic E-state index is -0.561. The Morgan fingerprint density at radius 1 is 1.09 bits per heavy atom. The first-order chi connectivity index (χ1) is 16.4. The minimum Gasteiger partial charge on any atom is -0.463 e. The van der Waals surface area contributed by atoms with Gasteiger partial charge in [-0.25, -0.2) is 5.01 Å². The molecule has 3 aromatic carbocycles. The Balaban J connectivity index is 1.54. The monoisotopic (exact) mass is 553 g/mol. The summed E-state index contributed by atoms with van der Waals surface area (Å²) in [6.45, 7) is 1.55. The van der Waals surface area contributed by atoms with E-state index in [2.05, 4.69) is 15.9 Å². The number of nitrogens with zero attached hydrogens (tertiary/aromatic N) is 3. The quantitative estimate of drug-likeness (QED) is 0.256. The summed E-state index contributed by atoms with van der Waals surface area (Å²) in [5.41, 5.74) is 4.57. The molecule has 1 aromatic heterocycles. The Hall–Kier alpha value is -2.80. The molecule has 2 aliphatic heterocycles. The molecule has 0 saturated carbocycles. The highest BCUT2D eigenvalue weighted by molar-refractivity contribution is 9.10. The van der Waals surface area contributed by atoms with Gasteiger partial charge in [-0.2, -0.15) is 5.10 Å². The summed E-state index contributed by atoms with van der Waals surface area (Å²) >= 11 is 16.5. The van der Waals surface area contributed by atoms with E-state index >= 15 is 0 Å². The van der Waals surface area contributed by atoms with Gasteiger partial charge in [0, 0.05) is 45.5 Å². The second-order valence-corrected chi connectivity index (χ2v) is 10.2. The number of fused-ring (bicyclic) bond motifs is 4. The molecule has 6 rings (SSSR count). The van der Waals surface area contributed by atoms with Crippen LogP contribution in [0.1, 0.15) is 47.1 Å². The van der Waals surface area contributed by atoms with E-state index in [0.29, 0.717) is 22.2 Å².